The van der Waals surface area contributed by atoms with Crippen LogP contribution in [0.1, 0.15) is 10.4 Å². The van der Waals surface area contributed by atoms with E-state index >= 15 is 0 Å². The van der Waals surface area contributed by atoms with Crippen molar-refractivity contribution in [2.24, 2.45) is 11.5 Å². The zero-order valence-electron chi connectivity index (χ0n) is 12.0. The fraction of sp³-hybridized carbons (Fsp3) is 0.308. The van der Waals surface area contributed by atoms with Crippen molar-refractivity contribution in [2.45, 2.75) is 0 Å². The first-order chi connectivity index (χ1) is 9.72. The van der Waals surface area contributed by atoms with E-state index in [4.69, 9.17) is 17.2 Å². The Hall–Kier alpha value is -2.77. The number of benzene rings is 1. The Labute approximate surface area is 122 Å². The molecule has 21 heavy (non-hydrogen) atoms. The summed E-state index contributed by atoms with van der Waals surface area (Å²) in [5.74, 6) is -2.01. The third-order valence-electron chi connectivity index (χ3n) is 2.74. The summed E-state index contributed by atoms with van der Waals surface area (Å²) in [7, 11) is 3.64. The van der Waals surface area contributed by atoms with Crippen molar-refractivity contribution in [3.63, 3.8) is 0 Å². The molecule has 0 bridgehead atoms. The van der Waals surface area contributed by atoms with Gasteiger partial charge in [0.25, 0.3) is 5.91 Å². The predicted molar refractivity (Wildman–Crippen MR) is 79.5 cm³/mol. The van der Waals surface area contributed by atoms with Gasteiger partial charge in [-0.3, -0.25) is 14.4 Å². The van der Waals surface area contributed by atoms with E-state index in [1.54, 1.807) is 17.0 Å². The van der Waals surface area contributed by atoms with Crippen LogP contribution in [-0.4, -0.2) is 49.8 Å². The molecule has 0 saturated heterocycles. The first-order valence-electron chi connectivity index (χ1n) is 6.15. The van der Waals surface area contributed by atoms with Crippen molar-refractivity contribution < 1.29 is 14.4 Å². The minimum atomic E-state index is -0.734. The number of hydrogen-bond donors (Lipinski definition) is 3. The van der Waals surface area contributed by atoms with Crippen LogP contribution in [0.5, 0.6) is 0 Å². The zero-order chi connectivity index (χ0) is 16.2. The molecule has 6 N–H and O–H groups in total. The van der Waals surface area contributed by atoms with Gasteiger partial charge in [0.1, 0.15) is 13.1 Å². The van der Waals surface area contributed by atoms with E-state index in [9.17, 15) is 14.4 Å². The minimum Gasteiger partial charge on any atom is -0.397 e. The van der Waals surface area contributed by atoms with Crippen molar-refractivity contribution in [1.29, 1.82) is 0 Å². The van der Waals surface area contributed by atoms with Gasteiger partial charge in [-0.2, -0.15) is 0 Å². The van der Waals surface area contributed by atoms with Crippen LogP contribution in [0.4, 0.5) is 11.4 Å². The number of nitrogen functional groups attached to an aromatic ring is 1. The van der Waals surface area contributed by atoms with Crippen LogP contribution in [-0.2, 0) is 9.59 Å². The second-order valence-corrected chi connectivity index (χ2v) is 4.76. The summed E-state index contributed by atoms with van der Waals surface area (Å²) in [6.07, 6.45) is 0. The molecule has 0 saturated carbocycles. The van der Waals surface area contributed by atoms with E-state index in [0.717, 1.165) is 10.6 Å². The zero-order valence-corrected chi connectivity index (χ0v) is 12.0. The lowest BCUT2D eigenvalue weighted by Gasteiger charge is -2.21. The summed E-state index contributed by atoms with van der Waals surface area (Å²) in [5.41, 5.74) is 17.4. The Morgan fingerprint density at radius 2 is 1.57 bits per heavy atom. The number of carbonyl (C=O) groups is 3. The standard InChI is InChI=1S/C13H19N5O3/c1-17(2)10-4-3-8(5-9(10)14)13(21)18(6-11(15)19)7-12(16)20/h3-5H,6-7,14H2,1-2H3,(H2,15,19)(H2,16,20). The summed E-state index contributed by atoms with van der Waals surface area (Å²) >= 11 is 0. The van der Waals surface area contributed by atoms with Crippen LogP contribution in [0.15, 0.2) is 18.2 Å². The van der Waals surface area contributed by atoms with E-state index in [0.29, 0.717) is 5.69 Å². The molecule has 0 spiro atoms. The molecule has 0 fully saturated rings. The van der Waals surface area contributed by atoms with E-state index in [2.05, 4.69) is 0 Å². The Balaban J connectivity index is 3.05. The highest BCUT2D eigenvalue weighted by Gasteiger charge is 2.20. The fourth-order valence-electron chi connectivity index (χ4n) is 1.85. The average Bonchev–Trinajstić information content (AvgIpc) is 2.35. The topological polar surface area (TPSA) is 136 Å². The van der Waals surface area contributed by atoms with Crippen LogP contribution in [0.25, 0.3) is 0 Å². The number of anilines is 2. The number of nitrogens with zero attached hydrogens (tertiary/aromatic N) is 2. The van der Waals surface area contributed by atoms with E-state index in [1.807, 2.05) is 14.1 Å². The van der Waals surface area contributed by atoms with Gasteiger partial charge in [0.2, 0.25) is 11.8 Å². The number of rotatable bonds is 6. The molecule has 0 heterocycles. The molecule has 0 aliphatic rings. The van der Waals surface area contributed by atoms with Gasteiger partial charge in [-0.25, -0.2) is 0 Å². The lowest BCUT2D eigenvalue weighted by molar-refractivity contribution is -0.121. The highest BCUT2D eigenvalue weighted by Crippen LogP contribution is 2.23. The number of nitrogens with two attached hydrogens (primary N) is 3. The van der Waals surface area contributed by atoms with Gasteiger partial charge >= 0.3 is 0 Å². The van der Waals surface area contributed by atoms with Crippen molar-refractivity contribution in [3.05, 3.63) is 23.8 Å². The van der Waals surface area contributed by atoms with Crippen LogP contribution in [0.3, 0.4) is 0 Å². The van der Waals surface area contributed by atoms with E-state index in [-0.39, 0.29) is 5.56 Å². The third kappa shape index (κ3) is 4.37. The Morgan fingerprint density at radius 3 is 1.95 bits per heavy atom. The fourth-order valence-corrected chi connectivity index (χ4v) is 1.85. The van der Waals surface area contributed by atoms with Crippen LogP contribution in [0.2, 0.25) is 0 Å². The smallest absolute Gasteiger partial charge is 0.254 e. The molecule has 8 nitrogen and oxygen atoms in total. The SMILES string of the molecule is CN(C)c1ccc(C(=O)N(CC(N)=O)CC(N)=O)cc1N. The molecule has 0 aliphatic carbocycles. The number of hydrogen-bond acceptors (Lipinski definition) is 5. The quantitative estimate of drug-likeness (QED) is 0.563. The average molecular weight is 293 g/mol. The van der Waals surface area contributed by atoms with Crippen LogP contribution < -0.4 is 22.1 Å². The highest BCUT2D eigenvalue weighted by molar-refractivity contribution is 5.99. The molecule has 8 heteroatoms. The second-order valence-electron chi connectivity index (χ2n) is 4.76. The largest absolute Gasteiger partial charge is 0.397 e. The molecular formula is C13H19N5O3. The normalized spacial score (nSPS) is 10.0. The van der Waals surface area contributed by atoms with Crippen molar-refractivity contribution in [3.8, 4) is 0 Å². The van der Waals surface area contributed by atoms with E-state index in [1.165, 1.54) is 6.07 Å². The lowest BCUT2D eigenvalue weighted by atomic mass is 10.1. The summed E-state index contributed by atoms with van der Waals surface area (Å²) in [6, 6.07) is 4.71. The van der Waals surface area contributed by atoms with Crippen LogP contribution in [0, 0.1) is 0 Å². The first-order valence-corrected chi connectivity index (χ1v) is 6.15. The van der Waals surface area contributed by atoms with Crippen LogP contribution >= 0.6 is 0 Å². The number of primary amides is 2. The molecule has 1 rings (SSSR count). The van der Waals surface area contributed by atoms with Gasteiger partial charge < -0.3 is 27.0 Å². The minimum absolute atomic E-state index is 0.251. The van der Waals surface area contributed by atoms with Crippen molar-refractivity contribution in [1.82, 2.24) is 4.90 Å². The molecular weight excluding hydrogens is 274 g/mol. The maximum Gasteiger partial charge on any atom is 0.254 e. The Morgan fingerprint density at radius 1 is 1.05 bits per heavy atom. The lowest BCUT2D eigenvalue weighted by Crippen LogP contribution is -2.43. The molecule has 0 aliphatic heterocycles. The van der Waals surface area contributed by atoms with Crippen molar-refractivity contribution in [2.75, 3.05) is 37.8 Å². The molecule has 0 aromatic heterocycles. The molecule has 0 unspecified atom stereocenters. The third-order valence-corrected chi connectivity index (χ3v) is 2.74. The predicted octanol–water partition coefficient (Wildman–Crippen LogP) is -1.25. The van der Waals surface area contributed by atoms with Gasteiger partial charge in [0.05, 0.1) is 11.4 Å². The van der Waals surface area contributed by atoms with Crippen molar-refractivity contribution >= 4 is 29.1 Å². The van der Waals surface area contributed by atoms with Gasteiger partial charge in [-0.1, -0.05) is 0 Å². The first kappa shape index (κ1) is 16.3. The summed E-state index contributed by atoms with van der Waals surface area (Å²) in [4.78, 5) is 37.0. The maximum absolute atomic E-state index is 12.3. The molecule has 0 radical (unpaired) electrons. The van der Waals surface area contributed by atoms with Gasteiger partial charge in [0, 0.05) is 19.7 Å². The second kappa shape index (κ2) is 6.60. The summed E-state index contributed by atoms with van der Waals surface area (Å²) in [6.45, 7) is -0.784. The van der Waals surface area contributed by atoms with E-state index < -0.39 is 30.8 Å². The van der Waals surface area contributed by atoms with Gasteiger partial charge in [-0.05, 0) is 18.2 Å². The molecule has 114 valence electrons. The Kier molecular flexibility index (Phi) is 5.12. The number of amides is 3. The number of carbonyl (C=O) groups excluding carboxylic acids is 3. The Bertz CT molecular complexity index is 555. The molecule has 1 aromatic carbocycles. The molecule has 3 amide bonds. The highest BCUT2D eigenvalue weighted by atomic mass is 16.2. The van der Waals surface area contributed by atoms with Gasteiger partial charge in [-0.15, -0.1) is 0 Å². The summed E-state index contributed by atoms with van der Waals surface area (Å²) in [5, 5.41) is 0. The molecule has 0 atom stereocenters. The molecule has 1 aromatic rings. The maximum atomic E-state index is 12.3. The van der Waals surface area contributed by atoms with Gasteiger partial charge in [0.15, 0.2) is 0 Å². The monoisotopic (exact) mass is 293 g/mol. The summed E-state index contributed by atoms with van der Waals surface area (Å²) < 4.78 is 0.